The van der Waals surface area contributed by atoms with Crippen molar-refractivity contribution >= 4 is 23.0 Å². The first-order valence-electron chi connectivity index (χ1n) is 7.39. The van der Waals surface area contributed by atoms with Crippen LogP contribution in [-0.4, -0.2) is 32.1 Å². The molecule has 0 aliphatic carbocycles. The molecule has 5 nitrogen and oxygen atoms in total. The smallest absolute Gasteiger partial charge is 0.248 e. The highest BCUT2D eigenvalue weighted by molar-refractivity contribution is 5.94. The Hall–Kier alpha value is -2.69. The minimum Gasteiger partial charge on any atom is -0.397 e. The second kappa shape index (κ2) is 5.97. The number of nitrogens with two attached hydrogens (primary N) is 2. The molecule has 114 valence electrons. The van der Waals surface area contributed by atoms with Crippen molar-refractivity contribution in [2.45, 2.75) is 0 Å². The van der Waals surface area contributed by atoms with E-state index >= 15 is 0 Å². The zero-order valence-corrected chi connectivity index (χ0v) is 12.4. The largest absolute Gasteiger partial charge is 0.397 e. The first kappa shape index (κ1) is 14.3. The molecule has 5 heteroatoms. The summed E-state index contributed by atoms with van der Waals surface area (Å²) >= 11 is 0. The van der Waals surface area contributed by atoms with Crippen molar-refractivity contribution in [3.63, 3.8) is 0 Å². The van der Waals surface area contributed by atoms with E-state index in [0.29, 0.717) is 11.3 Å². The summed E-state index contributed by atoms with van der Waals surface area (Å²) in [6.45, 7) is 3.69. The number of carbonyl (C=O) groups excluding carboxylic acids is 1. The van der Waals surface area contributed by atoms with Gasteiger partial charge >= 0.3 is 0 Å². The zero-order chi connectivity index (χ0) is 15.5. The fraction of sp³-hybridized carbons (Fsp3) is 0.235. The molecule has 22 heavy (non-hydrogen) atoms. The quantitative estimate of drug-likeness (QED) is 0.845. The van der Waals surface area contributed by atoms with Crippen LogP contribution in [0.2, 0.25) is 0 Å². The summed E-state index contributed by atoms with van der Waals surface area (Å²) in [6.07, 6.45) is 0. The van der Waals surface area contributed by atoms with E-state index in [9.17, 15) is 4.79 Å². The van der Waals surface area contributed by atoms with Gasteiger partial charge in [0.25, 0.3) is 0 Å². The Balaban J connectivity index is 1.70. The van der Waals surface area contributed by atoms with E-state index in [0.717, 1.165) is 31.9 Å². The summed E-state index contributed by atoms with van der Waals surface area (Å²) in [7, 11) is 0. The van der Waals surface area contributed by atoms with Crippen LogP contribution in [0.5, 0.6) is 0 Å². The highest BCUT2D eigenvalue weighted by Crippen LogP contribution is 2.26. The molecule has 1 saturated heterocycles. The van der Waals surface area contributed by atoms with Gasteiger partial charge in [-0.1, -0.05) is 18.2 Å². The van der Waals surface area contributed by atoms with Crippen molar-refractivity contribution in [1.29, 1.82) is 0 Å². The lowest BCUT2D eigenvalue weighted by molar-refractivity contribution is 0.100. The summed E-state index contributed by atoms with van der Waals surface area (Å²) in [4.78, 5) is 15.8. The number of hydrogen-bond donors (Lipinski definition) is 2. The molecule has 1 aliphatic rings. The monoisotopic (exact) mass is 296 g/mol. The Morgan fingerprint density at radius 1 is 0.909 bits per heavy atom. The second-order valence-corrected chi connectivity index (χ2v) is 5.45. The van der Waals surface area contributed by atoms with Gasteiger partial charge in [0.15, 0.2) is 0 Å². The average molecular weight is 296 g/mol. The number of nitrogens with zero attached hydrogens (tertiary/aromatic N) is 2. The molecule has 2 aromatic rings. The minimum absolute atomic E-state index is 0.448. The van der Waals surface area contributed by atoms with Crippen LogP contribution in [0.25, 0.3) is 0 Å². The summed E-state index contributed by atoms with van der Waals surface area (Å²) < 4.78 is 0. The lowest BCUT2D eigenvalue weighted by atomic mass is 10.1. The molecule has 1 amide bonds. The number of amides is 1. The molecule has 0 atom stereocenters. The lowest BCUT2D eigenvalue weighted by Gasteiger charge is -2.37. The number of rotatable bonds is 3. The molecular formula is C17H20N4O. The molecule has 1 aliphatic heterocycles. The molecule has 0 aromatic heterocycles. The molecule has 0 bridgehead atoms. The van der Waals surface area contributed by atoms with Crippen molar-refractivity contribution in [2.24, 2.45) is 5.73 Å². The molecule has 1 heterocycles. The van der Waals surface area contributed by atoms with Crippen LogP contribution < -0.4 is 21.3 Å². The van der Waals surface area contributed by atoms with Gasteiger partial charge in [-0.25, -0.2) is 0 Å². The number of carbonyl (C=O) groups is 1. The number of anilines is 3. The third-order valence-corrected chi connectivity index (χ3v) is 4.05. The molecular weight excluding hydrogens is 276 g/mol. The topological polar surface area (TPSA) is 75.6 Å². The third-order valence-electron chi connectivity index (χ3n) is 4.05. The predicted molar refractivity (Wildman–Crippen MR) is 90.2 cm³/mol. The lowest BCUT2D eigenvalue weighted by Crippen LogP contribution is -2.46. The van der Waals surface area contributed by atoms with Crippen LogP contribution in [-0.2, 0) is 0 Å². The van der Waals surface area contributed by atoms with Gasteiger partial charge in [-0.05, 0) is 30.3 Å². The van der Waals surface area contributed by atoms with E-state index in [-0.39, 0.29) is 0 Å². The van der Waals surface area contributed by atoms with E-state index in [2.05, 4.69) is 34.1 Å². The highest BCUT2D eigenvalue weighted by atomic mass is 16.1. The van der Waals surface area contributed by atoms with Crippen molar-refractivity contribution in [3.8, 4) is 0 Å². The Morgan fingerprint density at radius 3 is 2.14 bits per heavy atom. The first-order valence-corrected chi connectivity index (χ1v) is 7.39. The SMILES string of the molecule is NC(=O)c1ccc(N2CCN(c3ccccc3)CC2)c(N)c1. The van der Waals surface area contributed by atoms with Gasteiger partial charge in [-0.2, -0.15) is 0 Å². The van der Waals surface area contributed by atoms with Crippen LogP contribution in [0.15, 0.2) is 48.5 Å². The van der Waals surface area contributed by atoms with Crippen molar-refractivity contribution in [3.05, 3.63) is 54.1 Å². The van der Waals surface area contributed by atoms with E-state index in [1.165, 1.54) is 5.69 Å². The maximum atomic E-state index is 11.2. The fourth-order valence-corrected chi connectivity index (χ4v) is 2.84. The van der Waals surface area contributed by atoms with Crippen LogP contribution >= 0.6 is 0 Å². The number of benzene rings is 2. The fourth-order valence-electron chi connectivity index (χ4n) is 2.84. The van der Waals surface area contributed by atoms with Crippen LogP contribution in [0.4, 0.5) is 17.1 Å². The van der Waals surface area contributed by atoms with Gasteiger partial charge < -0.3 is 21.3 Å². The number of hydrogen-bond acceptors (Lipinski definition) is 4. The van der Waals surface area contributed by atoms with Crippen LogP contribution in [0, 0.1) is 0 Å². The number of primary amides is 1. The van der Waals surface area contributed by atoms with Gasteiger partial charge in [0.05, 0.1) is 11.4 Å². The number of para-hydroxylation sites is 1. The van der Waals surface area contributed by atoms with Crippen LogP contribution in [0.1, 0.15) is 10.4 Å². The predicted octanol–water partition coefficient (Wildman–Crippen LogP) is 1.69. The van der Waals surface area contributed by atoms with E-state index in [1.54, 1.807) is 12.1 Å². The Labute approximate surface area is 130 Å². The molecule has 0 saturated carbocycles. The molecule has 2 aromatic carbocycles. The minimum atomic E-state index is -0.452. The average Bonchev–Trinajstić information content (AvgIpc) is 2.56. The van der Waals surface area contributed by atoms with E-state index in [4.69, 9.17) is 11.5 Å². The third kappa shape index (κ3) is 2.83. The maximum Gasteiger partial charge on any atom is 0.248 e. The van der Waals surface area contributed by atoms with Gasteiger partial charge in [0, 0.05) is 37.4 Å². The van der Waals surface area contributed by atoms with E-state index < -0.39 is 5.91 Å². The maximum absolute atomic E-state index is 11.2. The summed E-state index contributed by atoms with van der Waals surface area (Å²) in [5.74, 6) is -0.452. The Kier molecular flexibility index (Phi) is 3.87. The van der Waals surface area contributed by atoms with Crippen LogP contribution in [0.3, 0.4) is 0 Å². The molecule has 1 fully saturated rings. The summed E-state index contributed by atoms with van der Waals surface area (Å²) in [5, 5.41) is 0. The van der Waals surface area contributed by atoms with Crippen molar-refractivity contribution in [2.75, 3.05) is 41.7 Å². The molecule has 0 spiro atoms. The first-order chi connectivity index (χ1) is 10.6. The Morgan fingerprint density at radius 2 is 1.55 bits per heavy atom. The second-order valence-electron chi connectivity index (χ2n) is 5.45. The van der Waals surface area contributed by atoms with Gasteiger partial charge in [-0.15, -0.1) is 0 Å². The Bertz CT molecular complexity index is 664. The standard InChI is InChI=1S/C17H20N4O/c18-15-12-13(17(19)22)6-7-16(15)21-10-8-20(9-11-21)14-4-2-1-3-5-14/h1-7,12H,8-11,18H2,(H2,19,22). The molecule has 4 N–H and O–H groups in total. The zero-order valence-electron chi connectivity index (χ0n) is 12.4. The summed E-state index contributed by atoms with van der Waals surface area (Å²) in [6, 6.07) is 15.7. The molecule has 0 radical (unpaired) electrons. The van der Waals surface area contributed by atoms with Gasteiger partial charge in [0.1, 0.15) is 0 Å². The normalized spacial score (nSPS) is 14.9. The summed E-state index contributed by atoms with van der Waals surface area (Å²) in [5.41, 5.74) is 14.6. The highest BCUT2D eigenvalue weighted by Gasteiger charge is 2.19. The number of nitrogen functional groups attached to an aromatic ring is 1. The van der Waals surface area contributed by atoms with Gasteiger partial charge in [-0.3, -0.25) is 4.79 Å². The van der Waals surface area contributed by atoms with Crippen molar-refractivity contribution in [1.82, 2.24) is 0 Å². The van der Waals surface area contributed by atoms with E-state index in [1.807, 2.05) is 12.1 Å². The van der Waals surface area contributed by atoms with Crippen molar-refractivity contribution < 1.29 is 4.79 Å². The number of piperazine rings is 1. The van der Waals surface area contributed by atoms with Gasteiger partial charge in [0.2, 0.25) is 5.91 Å². The molecule has 3 rings (SSSR count). The molecule has 0 unspecified atom stereocenters.